The van der Waals surface area contributed by atoms with Gasteiger partial charge in [0.25, 0.3) is 0 Å². The van der Waals surface area contributed by atoms with Crippen LogP contribution in [0.15, 0.2) is 12.3 Å². The van der Waals surface area contributed by atoms with Crippen LogP contribution >= 0.6 is 15.9 Å². The Morgan fingerprint density at radius 3 is 2.33 bits per heavy atom. The lowest BCUT2D eigenvalue weighted by atomic mass is 10.1. The summed E-state index contributed by atoms with van der Waals surface area (Å²) in [5.41, 5.74) is 0.932. The van der Waals surface area contributed by atoms with Gasteiger partial charge in [-0.05, 0) is 0 Å². The van der Waals surface area contributed by atoms with Crippen LogP contribution in [0.1, 0.15) is 20.3 Å². The Labute approximate surface area is 82.8 Å². The number of hydrogen-bond acceptors (Lipinski definition) is 1. The number of rotatable bonds is 1. The first-order chi connectivity index (χ1) is 5.66. The lowest BCUT2D eigenvalue weighted by molar-refractivity contribution is -0.125. The summed E-state index contributed by atoms with van der Waals surface area (Å²) in [6.07, 6.45) is 0.612. The van der Waals surface area contributed by atoms with E-state index in [9.17, 15) is 4.79 Å². The molecule has 0 aromatic carbocycles. The molecule has 0 aromatic heterocycles. The van der Waals surface area contributed by atoms with Crippen molar-refractivity contribution in [2.75, 3.05) is 12.4 Å². The van der Waals surface area contributed by atoms with Crippen molar-refractivity contribution in [1.82, 2.24) is 4.90 Å². The van der Waals surface area contributed by atoms with Crippen molar-refractivity contribution in [3.63, 3.8) is 0 Å². The van der Waals surface area contributed by atoms with Crippen LogP contribution in [-0.4, -0.2) is 23.2 Å². The molecule has 0 spiro atoms. The number of amides is 1. The van der Waals surface area contributed by atoms with E-state index in [0.29, 0.717) is 12.3 Å². The maximum absolute atomic E-state index is 11.0. The topological polar surface area (TPSA) is 20.3 Å². The molecule has 1 heterocycles. The first kappa shape index (κ1) is 11.7. The molecule has 1 unspecified atom stereocenters. The highest BCUT2D eigenvalue weighted by Gasteiger charge is 2.29. The van der Waals surface area contributed by atoms with E-state index in [1.165, 1.54) is 0 Å². The third-order valence-corrected chi connectivity index (χ3v) is 2.67. The molecule has 1 rings (SSSR count). The summed E-state index contributed by atoms with van der Waals surface area (Å²) in [6.45, 7) is 7.81. The minimum atomic E-state index is 0.175. The molecular weight excluding hydrogens is 218 g/mol. The van der Waals surface area contributed by atoms with Crippen LogP contribution < -0.4 is 0 Å². The highest BCUT2D eigenvalue weighted by Crippen LogP contribution is 2.27. The van der Waals surface area contributed by atoms with E-state index in [0.717, 1.165) is 11.0 Å². The van der Waals surface area contributed by atoms with Gasteiger partial charge in [-0.1, -0.05) is 36.4 Å². The van der Waals surface area contributed by atoms with E-state index < -0.39 is 0 Å². The molecule has 12 heavy (non-hydrogen) atoms. The van der Waals surface area contributed by atoms with Gasteiger partial charge in [0.2, 0.25) is 5.91 Å². The fraction of sp³-hybridized carbons (Fsp3) is 0.667. The summed E-state index contributed by atoms with van der Waals surface area (Å²) < 4.78 is 0. The second-order valence-electron chi connectivity index (χ2n) is 2.50. The largest absolute Gasteiger partial charge is 0.320 e. The molecule has 0 radical (unpaired) electrons. The van der Waals surface area contributed by atoms with Crippen LogP contribution in [0.25, 0.3) is 0 Å². The van der Waals surface area contributed by atoms with Crippen molar-refractivity contribution >= 4 is 21.8 Å². The van der Waals surface area contributed by atoms with E-state index >= 15 is 0 Å². The maximum atomic E-state index is 11.0. The van der Waals surface area contributed by atoms with Crippen LogP contribution in [0.2, 0.25) is 0 Å². The Bertz CT molecular complexity index is 179. The van der Waals surface area contributed by atoms with E-state index in [4.69, 9.17) is 0 Å². The van der Waals surface area contributed by atoms with Gasteiger partial charge >= 0.3 is 0 Å². The van der Waals surface area contributed by atoms with Gasteiger partial charge in [0.15, 0.2) is 0 Å². The molecule has 1 atom stereocenters. The van der Waals surface area contributed by atoms with Gasteiger partial charge in [-0.3, -0.25) is 4.79 Å². The lowest BCUT2D eigenvalue weighted by Gasteiger charge is -2.11. The number of alkyl halides is 1. The summed E-state index contributed by atoms with van der Waals surface area (Å²) in [5, 5.41) is 0.835. The average molecular weight is 234 g/mol. The van der Waals surface area contributed by atoms with Crippen molar-refractivity contribution in [3.8, 4) is 0 Å². The third kappa shape index (κ3) is 2.34. The number of carbonyl (C=O) groups excluding carboxylic acids is 1. The highest BCUT2D eigenvalue weighted by molar-refractivity contribution is 9.09. The minimum absolute atomic E-state index is 0.175. The van der Waals surface area contributed by atoms with Gasteiger partial charge in [0.05, 0.1) is 0 Å². The quantitative estimate of drug-likeness (QED) is 0.638. The molecule has 0 N–H and O–H groups in total. The molecule has 1 amide bonds. The Hall–Kier alpha value is -0.310. The highest BCUT2D eigenvalue weighted by atomic mass is 79.9. The summed E-state index contributed by atoms with van der Waals surface area (Å²) in [4.78, 5) is 12.6. The summed E-state index contributed by atoms with van der Waals surface area (Å²) >= 11 is 3.33. The smallest absolute Gasteiger partial charge is 0.227 e. The molecule has 0 bridgehead atoms. The Kier molecular flexibility index (Phi) is 5.22. The molecular formula is C9H16BrNO. The minimum Gasteiger partial charge on any atom is -0.320 e. The Morgan fingerprint density at radius 2 is 2.17 bits per heavy atom. The normalized spacial score (nSPS) is 22.3. The number of carbonyl (C=O) groups is 1. The number of halogens is 1. The third-order valence-electron chi connectivity index (χ3n) is 1.88. The van der Waals surface area contributed by atoms with E-state index in [-0.39, 0.29) is 5.91 Å². The first-order valence-electron chi connectivity index (χ1n) is 4.18. The molecule has 1 fully saturated rings. The molecule has 1 saturated heterocycles. The molecule has 0 aromatic rings. The zero-order valence-corrected chi connectivity index (χ0v) is 9.52. The predicted octanol–water partition coefficient (Wildman–Crippen LogP) is 2.40. The van der Waals surface area contributed by atoms with E-state index in [1.54, 1.807) is 11.9 Å². The second-order valence-corrected chi connectivity index (χ2v) is 3.15. The van der Waals surface area contributed by atoms with Gasteiger partial charge in [0.1, 0.15) is 0 Å². The molecule has 3 heteroatoms. The molecule has 0 aliphatic carbocycles. The summed E-state index contributed by atoms with van der Waals surface area (Å²) in [7, 11) is 1.77. The van der Waals surface area contributed by atoms with Gasteiger partial charge in [-0.2, -0.15) is 0 Å². The monoisotopic (exact) mass is 233 g/mol. The van der Waals surface area contributed by atoms with Crippen LogP contribution in [-0.2, 0) is 4.79 Å². The second kappa shape index (κ2) is 5.36. The standard InChI is InChI=1S/C7H10BrNO.C2H6/c1-5-6(4-8)3-7(10)9(5)2;1-2/h6H,1,3-4H2,2H3;1-2H3. The van der Waals surface area contributed by atoms with E-state index in [1.807, 2.05) is 13.8 Å². The van der Waals surface area contributed by atoms with E-state index in [2.05, 4.69) is 22.5 Å². The Morgan fingerprint density at radius 1 is 1.67 bits per heavy atom. The number of likely N-dealkylation sites (tertiary alicyclic amines) is 1. The van der Waals surface area contributed by atoms with Crippen LogP contribution in [0, 0.1) is 5.92 Å². The fourth-order valence-electron chi connectivity index (χ4n) is 1.04. The Balaban J connectivity index is 0.000000561. The molecule has 2 nitrogen and oxygen atoms in total. The van der Waals surface area contributed by atoms with Gasteiger partial charge in [-0.15, -0.1) is 0 Å². The van der Waals surface area contributed by atoms with Crippen LogP contribution in [0.3, 0.4) is 0 Å². The van der Waals surface area contributed by atoms with Gasteiger partial charge < -0.3 is 4.90 Å². The van der Waals surface area contributed by atoms with Crippen molar-refractivity contribution in [2.45, 2.75) is 20.3 Å². The molecule has 1 aliphatic heterocycles. The zero-order chi connectivity index (χ0) is 9.72. The predicted molar refractivity (Wildman–Crippen MR) is 55.2 cm³/mol. The van der Waals surface area contributed by atoms with Gasteiger partial charge in [-0.25, -0.2) is 0 Å². The maximum Gasteiger partial charge on any atom is 0.227 e. The molecule has 0 saturated carbocycles. The zero-order valence-electron chi connectivity index (χ0n) is 7.93. The number of hydrogen-bond donors (Lipinski definition) is 0. The van der Waals surface area contributed by atoms with Crippen molar-refractivity contribution in [2.24, 2.45) is 5.92 Å². The number of nitrogens with zero attached hydrogens (tertiary/aromatic N) is 1. The molecule has 1 aliphatic rings. The SMILES string of the molecule is C=C1C(CBr)CC(=O)N1C.CC. The van der Waals surface area contributed by atoms with Crippen LogP contribution in [0.4, 0.5) is 0 Å². The van der Waals surface area contributed by atoms with Crippen LogP contribution in [0.5, 0.6) is 0 Å². The summed E-state index contributed by atoms with van der Waals surface area (Å²) in [6, 6.07) is 0. The molecule has 70 valence electrons. The van der Waals surface area contributed by atoms with Crippen molar-refractivity contribution in [3.05, 3.63) is 12.3 Å². The van der Waals surface area contributed by atoms with Crippen molar-refractivity contribution in [1.29, 1.82) is 0 Å². The van der Waals surface area contributed by atoms with Gasteiger partial charge in [0, 0.05) is 30.4 Å². The average Bonchev–Trinajstić information content (AvgIpc) is 2.36. The fourth-order valence-corrected chi connectivity index (χ4v) is 1.65. The lowest BCUT2D eigenvalue weighted by Crippen LogP contribution is -2.16. The first-order valence-corrected chi connectivity index (χ1v) is 5.30. The van der Waals surface area contributed by atoms with Crippen molar-refractivity contribution < 1.29 is 4.79 Å². The number of allylic oxidation sites excluding steroid dienone is 1. The summed E-state index contributed by atoms with van der Waals surface area (Å²) in [5.74, 6) is 0.493.